The summed E-state index contributed by atoms with van der Waals surface area (Å²) >= 11 is 0. The van der Waals surface area contributed by atoms with Crippen LogP contribution in [0.1, 0.15) is 18.4 Å². The number of hydrogen-bond donors (Lipinski definition) is 1. The molecule has 3 aromatic rings. The molecule has 5 rings (SSSR count). The average Bonchev–Trinajstić information content (AvgIpc) is 3.56. The van der Waals surface area contributed by atoms with Crippen LogP contribution in [-0.4, -0.2) is 27.5 Å². The number of amides is 1. The van der Waals surface area contributed by atoms with Crippen molar-refractivity contribution in [2.24, 2.45) is 5.92 Å². The van der Waals surface area contributed by atoms with E-state index in [1.807, 2.05) is 35.1 Å². The Kier molecular flexibility index (Phi) is 5.13. The molecule has 1 aliphatic heterocycles. The van der Waals surface area contributed by atoms with Crippen molar-refractivity contribution in [1.82, 2.24) is 4.72 Å². The average molecular weight is 456 g/mol. The molecular formula is C23H21FN2O5S. The first-order valence-electron chi connectivity index (χ1n) is 10.3. The number of rotatable bonds is 7. The SMILES string of the molecule is O=C1CN(c2c(OCc3ccccc3)cc3ccc(OCC4CC4)cc3c2F)S(=O)(=O)N1. The lowest BCUT2D eigenvalue weighted by molar-refractivity contribution is -0.117. The van der Waals surface area contributed by atoms with Crippen LogP contribution in [0.15, 0.2) is 54.6 Å². The van der Waals surface area contributed by atoms with E-state index in [0.29, 0.717) is 28.0 Å². The number of hydrogen-bond acceptors (Lipinski definition) is 5. The second-order valence-corrected chi connectivity index (χ2v) is 9.58. The van der Waals surface area contributed by atoms with Gasteiger partial charge in [-0.15, -0.1) is 0 Å². The summed E-state index contributed by atoms with van der Waals surface area (Å²) in [5, 5.41) is 0.721. The number of halogens is 1. The zero-order valence-electron chi connectivity index (χ0n) is 17.1. The molecule has 3 aromatic carbocycles. The number of nitrogens with one attached hydrogen (secondary N) is 1. The van der Waals surface area contributed by atoms with Gasteiger partial charge in [-0.2, -0.15) is 8.42 Å². The van der Waals surface area contributed by atoms with Crippen LogP contribution < -0.4 is 18.5 Å². The Labute approximate surface area is 184 Å². The normalized spacial score (nSPS) is 17.4. The van der Waals surface area contributed by atoms with E-state index < -0.39 is 28.5 Å². The lowest BCUT2D eigenvalue weighted by Gasteiger charge is -2.21. The van der Waals surface area contributed by atoms with Gasteiger partial charge in [-0.25, -0.2) is 13.4 Å². The molecular weight excluding hydrogens is 435 g/mol. The summed E-state index contributed by atoms with van der Waals surface area (Å²) in [6, 6.07) is 15.8. The molecule has 0 radical (unpaired) electrons. The Bertz CT molecular complexity index is 1290. The van der Waals surface area contributed by atoms with Crippen molar-refractivity contribution in [2.45, 2.75) is 19.4 Å². The first-order chi connectivity index (χ1) is 15.4. The molecule has 32 heavy (non-hydrogen) atoms. The lowest BCUT2D eigenvalue weighted by atomic mass is 10.1. The molecule has 2 fully saturated rings. The maximum absolute atomic E-state index is 15.8. The van der Waals surface area contributed by atoms with Gasteiger partial charge in [0.15, 0.2) is 5.82 Å². The molecule has 1 amide bonds. The smallest absolute Gasteiger partial charge is 0.326 e. The zero-order chi connectivity index (χ0) is 22.3. The van der Waals surface area contributed by atoms with E-state index in [9.17, 15) is 13.2 Å². The minimum absolute atomic E-state index is 0.0329. The highest BCUT2D eigenvalue weighted by molar-refractivity contribution is 7.92. The maximum Gasteiger partial charge on any atom is 0.326 e. The number of nitrogens with zero attached hydrogens (tertiary/aromatic N) is 1. The molecule has 1 heterocycles. The minimum Gasteiger partial charge on any atom is -0.493 e. The fourth-order valence-electron chi connectivity index (χ4n) is 3.61. The van der Waals surface area contributed by atoms with Crippen LogP contribution in [0.3, 0.4) is 0 Å². The van der Waals surface area contributed by atoms with Crippen molar-refractivity contribution < 1.29 is 27.1 Å². The van der Waals surface area contributed by atoms with Gasteiger partial charge >= 0.3 is 10.2 Å². The second kappa shape index (κ2) is 7.98. The van der Waals surface area contributed by atoms with Gasteiger partial charge in [-0.1, -0.05) is 36.4 Å². The summed E-state index contributed by atoms with van der Waals surface area (Å²) < 4.78 is 55.0. The van der Waals surface area contributed by atoms with E-state index in [-0.39, 0.29) is 23.4 Å². The fraction of sp³-hybridized carbons (Fsp3) is 0.261. The van der Waals surface area contributed by atoms with Crippen LogP contribution in [0.25, 0.3) is 10.8 Å². The maximum atomic E-state index is 15.8. The third-order valence-corrected chi connectivity index (χ3v) is 6.86. The molecule has 0 atom stereocenters. The number of carbonyl (C=O) groups is 1. The summed E-state index contributed by atoms with van der Waals surface area (Å²) in [5.41, 5.74) is 0.535. The number of carbonyl (C=O) groups excluding carboxylic acids is 1. The van der Waals surface area contributed by atoms with Gasteiger partial charge in [0.05, 0.1) is 6.61 Å². The van der Waals surface area contributed by atoms with Gasteiger partial charge in [0.2, 0.25) is 0 Å². The Morgan fingerprint density at radius 3 is 2.53 bits per heavy atom. The van der Waals surface area contributed by atoms with E-state index in [0.717, 1.165) is 18.4 Å². The number of ether oxygens (including phenoxy) is 2. The van der Waals surface area contributed by atoms with Gasteiger partial charge < -0.3 is 9.47 Å². The van der Waals surface area contributed by atoms with Gasteiger partial charge in [-0.05, 0) is 47.9 Å². The summed E-state index contributed by atoms with van der Waals surface area (Å²) in [7, 11) is -4.23. The molecule has 2 aliphatic rings. The number of benzene rings is 3. The van der Waals surface area contributed by atoms with Crippen LogP contribution in [-0.2, 0) is 21.6 Å². The Morgan fingerprint density at radius 2 is 1.84 bits per heavy atom. The van der Waals surface area contributed by atoms with Gasteiger partial charge in [0, 0.05) is 5.39 Å². The number of fused-ring (bicyclic) bond motifs is 1. The zero-order valence-corrected chi connectivity index (χ0v) is 17.9. The van der Waals surface area contributed by atoms with Crippen molar-refractivity contribution in [3.8, 4) is 11.5 Å². The molecule has 1 N–H and O–H groups in total. The van der Waals surface area contributed by atoms with E-state index >= 15 is 4.39 Å². The minimum atomic E-state index is -4.23. The monoisotopic (exact) mass is 456 g/mol. The van der Waals surface area contributed by atoms with Gasteiger partial charge in [0.25, 0.3) is 5.91 Å². The first kappa shape index (κ1) is 20.6. The van der Waals surface area contributed by atoms with E-state index in [2.05, 4.69) is 0 Å². The highest BCUT2D eigenvalue weighted by Crippen LogP contribution is 2.40. The molecule has 0 spiro atoms. The molecule has 1 aliphatic carbocycles. The van der Waals surface area contributed by atoms with E-state index in [4.69, 9.17) is 9.47 Å². The van der Waals surface area contributed by atoms with Crippen molar-refractivity contribution in [1.29, 1.82) is 0 Å². The van der Waals surface area contributed by atoms with Crippen LogP contribution in [0.4, 0.5) is 10.1 Å². The van der Waals surface area contributed by atoms with E-state index in [1.54, 1.807) is 24.3 Å². The van der Waals surface area contributed by atoms with Crippen LogP contribution in [0.2, 0.25) is 0 Å². The van der Waals surface area contributed by atoms with Crippen molar-refractivity contribution >= 4 is 32.6 Å². The fourth-order valence-corrected chi connectivity index (χ4v) is 4.77. The largest absolute Gasteiger partial charge is 0.493 e. The predicted octanol–water partition coefficient (Wildman–Crippen LogP) is 3.53. The van der Waals surface area contributed by atoms with Crippen LogP contribution >= 0.6 is 0 Å². The quantitative estimate of drug-likeness (QED) is 0.588. The standard InChI is InChI=1S/C23H21FN2O5S/c24-22-19-11-18(30-13-16-6-7-16)9-8-17(19)10-20(31-14-15-4-2-1-3-5-15)23(22)26-12-21(27)25-32(26,28)29/h1-5,8-11,16H,6-7,12-14H2,(H,25,27). The Morgan fingerprint density at radius 1 is 1.06 bits per heavy atom. The summed E-state index contributed by atoms with van der Waals surface area (Å²) in [5.74, 6) is -0.453. The summed E-state index contributed by atoms with van der Waals surface area (Å²) in [6.45, 7) is 0.151. The highest BCUT2D eigenvalue weighted by Gasteiger charge is 2.38. The van der Waals surface area contributed by atoms with E-state index in [1.165, 1.54) is 0 Å². The molecule has 0 unspecified atom stereocenters. The van der Waals surface area contributed by atoms with Crippen molar-refractivity contribution in [3.05, 3.63) is 66.0 Å². The second-order valence-electron chi connectivity index (χ2n) is 7.99. The van der Waals surface area contributed by atoms with Gasteiger partial charge in [0.1, 0.15) is 30.3 Å². The first-order valence-corrected chi connectivity index (χ1v) is 11.7. The molecule has 9 heteroatoms. The van der Waals surface area contributed by atoms with Crippen molar-refractivity contribution in [2.75, 3.05) is 17.5 Å². The third kappa shape index (κ3) is 4.08. The number of anilines is 1. The topological polar surface area (TPSA) is 84.9 Å². The molecule has 1 saturated carbocycles. The van der Waals surface area contributed by atoms with Crippen LogP contribution in [0, 0.1) is 11.7 Å². The molecule has 0 bridgehead atoms. The van der Waals surface area contributed by atoms with Crippen LogP contribution in [0.5, 0.6) is 11.5 Å². The molecule has 1 saturated heterocycles. The predicted molar refractivity (Wildman–Crippen MR) is 117 cm³/mol. The Hall–Kier alpha value is -3.33. The third-order valence-electron chi connectivity index (χ3n) is 5.48. The molecule has 166 valence electrons. The molecule has 0 aromatic heterocycles. The summed E-state index contributed by atoms with van der Waals surface area (Å²) in [6.07, 6.45) is 2.25. The lowest BCUT2D eigenvalue weighted by Crippen LogP contribution is -2.30. The molecule has 7 nitrogen and oxygen atoms in total. The van der Waals surface area contributed by atoms with Gasteiger partial charge in [-0.3, -0.25) is 4.79 Å². The van der Waals surface area contributed by atoms with Crippen molar-refractivity contribution in [3.63, 3.8) is 0 Å². The highest BCUT2D eigenvalue weighted by atomic mass is 32.2. The summed E-state index contributed by atoms with van der Waals surface area (Å²) in [4.78, 5) is 11.8. The Balaban J connectivity index is 1.57.